The van der Waals surface area contributed by atoms with Gasteiger partial charge in [0.25, 0.3) is 0 Å². The summed E-state index contributed by atoms with van der Waals surface area (Å²) in [5.74, 6) is 4.25. The Kier molecular flexibility index (Phi) is 11.2. The van der Waals surface area contributed by atoms with Gasteiger partial charge in [-0.25, -0.2) is 19.1 Å². The number of carbonyl (C=O) groups excluding carboxylic acids is 2. The normalized spacial score (nSPS) is 16.5. The molecular weight excluding hydrogens is 380 g/mol. The number of morpholine rings is 1. The zero-order chi connectivity index (χ0) is 20.1. The third kappa shape index (κ3) is 9.86. The van der Waals surface area contributed by atoms with Gasteiger partial charge in [0, 0.05) is 26.7 Å². The minimum atomic E-state index is -3.54. The summed E-state index contributed by atoms with van der Waals surface area (Å²) in [4.78, 5) is 26.9. The van der Waals surface area contributed by atoms with Crippen molar-refractivity contribution < 1.29 is 32.3 Å². The van der Waals surface area contributed by atoms with E-state index in [1.54, 1.807) is 0 Å². The molecule has 1 aliphatic rings. The average Bonchev–Trinajstić information content (AvgIpc) is 2.65. The van der Waals surface area contributed by atoms with Crippen LogP contribution in [0.15, 0.2) is 0 Å². The van der Waals surface area contributed by atoms with Crippen molar-refractivity contribution in [2.24, 2.45) is 5.90 Å². The van der Waals surface area contributed by atoms with Crippen LogP contribution in [0.25, 0.3) is 0 Å². The first-order valence-corrected chi connectivity index (χ1v) is 10.5. The molecule has 0 aromatic carbocycles. The molecule has 0 aromatic heterocycles. The van der Waals surface area contributed by atoms with Crippen molar-refractivity contribution in [3.8, 4) is 0 Å². The minimum absolute atomic E-state index is 0.193. The first-order valence-electron chi connectivity index (χ1n) is 8.91. The molecule has 1 saturated heterocycles. The summed E-state index contributed by atoms with van der Waals surface area (Å²) in [5, 5.41) is 4.98. The van der Waals surface area contributed by atoms with Crippen LogP contribution in [0, 0.1) is 0 Å². The maximum absolute atomic E-state index is 12.5. The van der Waals surface area contributed by atoms with Gasteiger partial charge in [0.2, 0.25) is 15.9 Å². The zero-order valence-electron chi connectivity index (χ0n) is 15.6. The average molecular weight is 410 g/mol. The van der Waals surface area contributed by atoms with E-state index in [-0.39, 0.29) is 18.3 Å². The molecule has 1 fully saturated rings. The summed E-state index contributed by atoms with van der Waals surface area (Å²) in [6.45, 7) is 1.61. The Morgan fingerprint density at radius 2 is 1.93 bits per heavy atom. The predicted octanol–water partition coefficient (Wildman–Crippen LogP) is -1.06. The van der Waals surface area contributed by atoms with Gasteiger partial charge in [-0.15, -0.1) is 0 Å². The van der Waals surface area contributed by atoms with Gasteiger partial charge in [-0.1, -0.05) is 6.42 Å². The first kappa shape index (κ1) is 23.6. The second kappa shape index (κ2) is 12.8. The Hall–Kier alpha value is -1.47. The van der Waals surface area contributed by atoms with Crippen molar-refractivity contribution in [1.29, 1.82) is 0 Å². The van der Waals surface area contributed by atoms with Crippen molar-refractivity contribution in [2.75, 3.05) is 52.3 Å². The van der Waals surface area contributed by atoms with Gasteiger partial charge in [0.1, 0.15) is 18.5 Å². The highest BCUT2D eigenvalue weighted by Gasteiger charge is 2.29. The number of sulfonamides is 1. The molecule has 1 rings (SSSR count). The topological polar surface area (TPSA) is 149 Å². The second-order valence-electron chi connectivity index (χ2n) is 6.08. The first-order chi connectivity index (χ1) is 12.9. The zero-order valence-corrected chi connectivity index (χ0v) is 16.5. The lowest BCUT2D eigenvalue weighted by atomic mass is 10.1. The van der Waals surface area contributed by atoms with Crippen LogP contribution in [0.4, 0.5) is 4.79 Å². The fraction of sp³-hybridized carbons (Fsp3) is 0.867. The van der Waals surface area contributed by atoms with Crippen molar-refractivity contribution in [3.63, 3.8) is 0 Å². The fourth-order valence-electron chi connectivity index (χ4n) is 2.58. The molecule has 0 aromatic rings. The molecule has 0 aliphatic carbocycles. The van der Waals surface area contributed by atoms with E-state index in [1.807, 2.05) is 0 Å². The summed E-state index contributed by atoms with van der Waals surface area (Å²) < 4.78 is 36.8. The van der Waals surface area contributed by atoms with E-state index in [4.69, 9.17) is 15.4 Å². The lowest BCUT2D eigenvalue weighted by molar-refractivity contribution is -0.125. The van der Waals surface area contributed by atoms with E-state index < -0.39 is 22.2 Å². The van der Waals surface area contributed by atoms with E-state index >= 15 is 0 Å². The number of rotatable bonds is 12. The molecule has 0 spiro atoms. The summed E-state index contributed by atoms with van der Waals surface area (Å²) in [7, 11) is -2.12. The van der Waals surface area contributed by atoms with Crippen LogP contribution in [0.2, 0.25) is 0 Å². The molecule has 0 saturated carbocycles. The molecule has 11 nitrogen and oxygen atoms in total. The molecule has 2 amide bonds. The molecule has 158 valence electrons. The number of nitrogens with two attached hydrogens (primary N) is 1. The standard InChI is InChI=1S/C15H30N4O7S/c1-17-15(21)26-13(5-3-2-4-6-18-14(20)11-25-16)12-27(22,23)19-7-9-24-10-8-19/h13H,2-12,16H2,1H3,(H,17,21)(H,18,20). The summed E-state index contributed by atoms with van der Waals surface area (Å²) in [6.07, 6.45) is 1.12. The van der Waals surface area contributed by atoms with Gasteiger partial charge < -0.3 is 20.1 Å². The number of hydrogen-bond acceptors (Lipinski definition) is 8. The van der Waals surface area contributed by atoms with Crippen LogP contribution in [-0.4, -0.2) is 83.1 Å². The monoisotopic (exact) mass is 410 g/mol. The molecule has 27 heavy (non-hydrogen) atoms. The van der Waals surface area contributed by atoms with Crippen molar-refractivity contribution in [2.45, 2.75) is 31.8 Å². The van der Waals surface area contributed by atoms with Gasteiger partial charge in [-0.2, -0.15) is 4.31 Å². The Morgan fingerprint density at radius 1 is 1.22 bits per heavy atom. The highest BCUT2D eigenvalue weighted by Crippen LogP contribution is 2.14. The summed E-state index contributed by atoms with van der Waals surface area (Å²) in [5.41, 5.74) is 0. The van der Waals surface area contributed by atoms with Crippen LogP contribution in [-0.2, 0) is 29.1 Å². The van der Waals surface area contributed by atoms with Crippen LogP contribution >= 0.6 is 0 Å². The van der Waals surface area contributed by atoms with Crippen LogP contribution < -0.4 is 16.5 Å². The van der Waals surface area contributed by atoms with Crippen molar-refractivity contribution in [1.82, 2.24) is 14.9 Å². The number of nitrogens with zero attached hydrogens (tertiary/aromatic N) is 1. The maximum atomic E-state index is 12.5. The van der Waals surface area contributed by atoms with E-state index in [9.17, 15) is 18.0 Å². The Morgan fingerprint density at radius 3 is 2.56 bits per heavy atom. The van der Waals surface area contributed by atoms with Crippen LogP contribution in [0.3, 0.4) is 0 Å². The number of alkyl carbamates (subject to hydrolysis) is 1. The third-order valence-corrected chi connectivity index (χ3v) is 5.92. The molecule has 0 radical (unpaired) electrons. The number of amides is 2. The number of hydrogen-bond donors (Lipinski definition) is 3. The highest BCUT2D eigenvalue weighted by atomic mass is 32.2. The molecule has 1 heterocycles. The van der Waals surface area contributed by atoms with Crippen molar-refractivity contribution in [3.05, 3.63) is 0 Å². The SMILES string of the molecule is CNC(=O)OC(CCCCCNC(=O)CON)CS(=O)(=O)N1CCOCC1. The molecule has 12 heteroatoms. The second-order valence-corrected chi connectivity index (χ2v) is 8.09. The Labute approximate surface area is 159 Å². The third-order valence-electron chi connectivity index (χ3n) is 3.98. The Bertz CT molecular complexity index is 552. The molecule has 1 atom stereocenters. The summed E-state index contributed by atoms with van der Waals surface area (Å²) in [6, 6.07) is 0. The number of nitrogens with one attached hydrogen (secondary N) is 2. The van der Waals surface area contributed by atoms with Crippen molar-refractivity contribution >= 4 is 22.0 Å². The minimum Gasteiger partial charge on any atom is -0.445 e. The van der Waals surface area contributed by atoms with E-state index in [1.165, 1.54) is 11.4 Å². The lowest BCUT2D eigenvalue weighted by Crippen LogP contribution is -2.44. The van der Waals surface area contributed by atoms with E-state index in [2.05, 4.69) is 15.5 Å². The van der Waals surface area contributed by atoms with Gasteiger partial charge in [-0.05, 0) is 19.3 Å². The Balaban J connectivity index is 2.42. The van der Waals surface area contributed by atoms with Crippen LogP contribution in [0.5, 0.6) is 0 Å². The van der Waals surface area contributed by atoms with Gasteiger partial charge >= 0.3 is 6.09 Å². The highest BCUT2D eigenvalue weighted by molar-refractivity contribution is 7.89. The lowest BCUT2D eigenvalue weighted by Gasteiger charge is -2.28. The molecule has 4 N–H and O–H groups in total. The molecule has 1 aliphatic heterocycles. The van der Waals surface area contributed by atoms with Gasteiger partial charge in [0.15, 0.2) is 0 Å². The van der Waals surface area contributed by atoms with E-state index in [0.717, 1.165) is 6.42 Å². The van der Waals surface area contributed by atoms with Gasteiger partial charge in [0.05, 0.1) is 13.2 Å². The molecular formula is C15H30N4O7S. The number of ether oxygens (including phenoxy) is 2. The maximum Gasteiger partial charge on any atom is 0.407 e. The fourth-order valence-corrected chi connectivity index (χ4v) is 4.20. The largest absolute Gasteiger partial charge is 0.445 e. The number of carbonyl (C=O) groups is 2. The molecule has 1 unspecified atom stereocenters. The van der Waals surface area contributed by atoms with Crippen LogP contribution in [0.1, 0.15) is 25.7 Å². The quantitative estimate of drug-likeness (QED) is 0.272. The van der Waals surface area contributed by atoms with Gasteiger partial charge in [-0.3, -0.25) is 9.63 Å². The smallest absolute Gasteiger partial charge is 0.407 e. The summed E-state index contributed by atoms with van der Waals surface area (Å²) >= 11 is 0. The van der Waals surface area contributed by atoms with E-state index in [0.29, 0.717) is 52.1 Å². The number of unbranched alkanes of at least 4 members (excludes halogenated alkanes) is 2. The molecule has 0 bridgehead atoms. The predicted molar refractivity (Wildman–Crippen MR) is 97.1 cm³/mol.